The van der Waals surface area contributed by atoms with Gasteiger partial charge in [-0.15, -0.1) is 0 Å². The van der Waals surface area contributed by atoms with Crippen LogP contribution >= 0.6 is 0 Å². The van der Waals surface area contributed by atoms with Gasteiger partial charge in [0.05, 0.1) is 5.69 Å². The molecule has 0 bridgehead atoms. The van der Waals surface area contributed by atoms with Gasteiger partial charge in [-0.2, -0.15) is 0 Å². The number of guanidine groups is 1. The summed E-state index contributed by atoms with van der Waals surface area (Å²) < 4.78 is 5.16. The van der Waals surface area contributed by atoms with Crippen LogP contribution in [0.15, 0.2) is 27.7 Å². The Kier molecular flexibility index (Phi) is 5.79. The molecule has 0 radical (unpaired) electrons. The SMILES string of the molecule is CCc1cccc(CC)c1NC(N)=NCCc1c(C)noc1C. The van der Waals surface area contributed by atoms with Gasteiger partial charge < -0.3 is 15.6 Å². The molecule has 0 spiro atoms. The minimum absolute atomic E-state index is 0.451. The number of nitrogens with zero attached hydrogens (tertiary/aromatic N) is 2. The molecule has 0 unspecified atom stereocenters. The zero-order valence-electron chi connectivity index (χ0n) is 14.4. The lowest BCUT2D eigenvalue weighted by atomic mass is 10.0. The Labute approximate surface area is 138 Å². The van der Waals surface area contributed by atoms with Crippen molar-refractivity contribution in [2.75, 3.05) is 11.9 Å². The fraction of sp³-hybridized carbons (Fsp3) is 0.444. The van der Waals surface area contributed by atoms with Crippen molar-refractivity contribution in [3.63, 3.8) is 0 Å². The quantitative estimate of drug-likeness (QED) is 0.633. The topological polar surface area (TPSA) is 76.4 Å². The van der Waals surface area contributed by atoms with Gasteiger partial charge in [-0.1, -0.05) is 37.2 Å². The molecule has 1 heterocycles. The Bertz CT molecular complexity index is 647. The number of aliphatic imine (C=N–C) groups is 1. The van der Waals surface area contributed by atoms with Crippen molar-refractivity contribution in [3.8, 4) is 0 Å². The van der Waals surface area contributed by atoms with Gasteiger partial charge >= 0.3 is 0 Å². The first-order valence-corrected chi connectivity index (χ1v) is 8.16. The van der Waals surface area contributed by atoms with Crippen molar-refractivity contribution in [2.24, 2.45) is 10.7 Å². The highest BCUT2D eigenvalue weighted by Crippen LogP contribution is 2.22. The normalized spacial score (nSPS) is 11.7. The van der Waals surface area contributed by atoms with Crippen LogP contribution in [0.1, 0.15) is 42.0 Å². The van der Waals surface area contributed by atoms with E-state index in [1.54, 1.807) is 0 Å². The number of hydrogen-bond donors (Lipinski definition) is 2. The molecule has 124 valence electrons. The summed E-state index contributed by atoms with van der Waals surface area (Å²) in [5, 5.41) is 7.24. The summed E-state index contributed by atoms with van der Waals surface area (Å²) in [5.41, 5.74) is 11.7. The lowest BCUT2D eigenvalue weighted by Crippen LogP contribution is -2.24. The summed E-state index contributed by atoms with van der Waals surface area (Å²) in [4.78, 5) is 4.44. The van der Waals surface area contributed by atoms with Gasteiger partial charge in [0.1, 0.15) is 5.76 Å². The van der Waals surface area contributed by atoms with Crippen LogP contribution in [0.2, 0.25) is 0 Å². The van der Waals surface area contributed by atoms with Crippen molar-refractivity contribution >= 4 is 11.6 Å². The maximum atomic E-state index is 6.07. The summed E-state index contributed by atoms with van der Waals surface area (Å²) in [5.74, 6) is 1.31. The van der Waals surface area contributed by atoms with E-state index >= 15 is 0 Å². The number of anilines is 1. The standard InChI is InChI=1S/C18H26N4O/c1-5-14-8-7-9-15(6-2)17(14)21-18(19)20-11-10-16-12(3)22-23-13(16)4/h7-9H,5-6,10-11H2,1-4H3,(H3,19,20,21). The van der Waals surface area contributed by atoms with Crippen LogP contribution in [0.4, 0.5) is 5.69 Å². The summed E-state index contributed by atoms with van der Waals surface area (Å²) >= 11 is 0. The third-order valence-electron chi connectivity index (χ3n) is 4.08. The smallest absolute Gasteiger partial charge is 0.193 e. The molecule has 23 heavy (non-hydrogen) atoms. The van der Waals surface area contributed by atoms with Crippen LogP contribution < -0.4 is 11.1 Å². The van der Waals surface area contributed by atoms with Crippen molar-refractivity contribution < 1.29 is 4.52 Å². The van der Waals surface area contributed by atoms with Gasteiger partial charge in [0.2, 0.25) is 0 Å². The molecule has 5 nitrogen and oxygen atoms in total. The number of aryl methyl sites for hydroxylation is 4. The van der Waals surface area contributed by atoms with Crippen molar-refractivity contribution in [1.29, 1.82) is 0 Å². The van der Waals surface area contributed by atoms with Crippen LogP contribution in [-0.2, 0) is 19.3 Å². The fourth-order valence-corrected chi connectivity index (χ4v) is 2.72. The largest absolute Gasteiger partial charge is 0.370 e. The molecule has 0 aliphatic carbocycles. The Morgan fingerprint density at radius 2 is 1.87 bits per heavy atom. The third-order valence-corrected chi connectivity index (χ3v) is 4.08. The second-order valence-electron chi connectivity index (χ2n) is 5.60. The minimum Gasteiger partial charge on any atom is -0.370 e. The molecule has 1 aromatic heterocycles. The molecule has 0 amide bonds. The van der Waals surface area contributed by atoms with Crippen LogP contribution in [0.3, 0.4) is 0 Å². The van der Waals surface area contributed by atoms with E-state index in [0.717, 1.165) is 42.0 Å². The van der Waals surface area contributed by atoms with Gasteiger partial charge in [-0.05, 0) is 44.2 Å². The molecule has 3 N–H and O–H groups in total. The summed E-state index contributed by atoms with van der Waals surface area (Å²) in [6.45, 7) is 8.76. The zero-order chi connectivity index (χ0) is 16.8. The Hall–Kier alpha value is -2.30. The zero-order valence-corrected chi connectivity index (χ0v) is 14.4. The van der Waals surface area contributed by atoms with Gasteiger partial charge in [0.15, 0.2) is 5.96 Å². The average Bonchev–Trinajstić information content (AvgIpc) is 2.87. The van der Waals surface area contributed by atoms with Crippen LogP contribution in [-0.4, -0.2) is 17.7 Å². The van der Waals surface area contributed by atoms with E-state index in [0.29, 0.717) is 12.5 Å². The number of nitrogens with one attached hydrogen (secondary N) is 1. The lowest BCUT2D eigenvalue weighted by molar-refractivity contribution is 0.392. The number of hydrogen-bond acceptors (Lipinski definition) is 3. The fourth-order valence-electron chi connectivity index (χ4n) is 2.72. The van der Waals surface area contributed by atoms with E-state index in [-0.39, 0.29) is 0 Å². The highest BCUT2D eigenvalue weighted by Gasteiger charge is 2.09. The lowest BCUT2D eigenvalue weighted by Gasteiger charge is -2.14. The second kappa shape index (κ2) is 7.81. The van der Waals surface area contributed by atoms with Gasteiger partial charge in [0.25, 0.3) is 0 Å². The Morgan fingerprint density at radius 1 is 1.22 bits per heavy atom. The van der Waals surface area contributed by atoms with Crippen LogP contribution in [0, 0.1) is 13.8 Å². The average molecular weight is 314 g/mol. The van der Waals surface area contributed by atoms with E-state index in [2.05, 4.69) is 47.5 Å². The van der Waals surface area contributed by atoms with Gasteiger partial charge in [-0.25, -0.2) is 0 Å². The Balaban J connectivity index is 2.06. The Morgan fingerprint density at radius 3 is 2.39 bits per heavy atom. The number of aromatic nitrogens is 1. The van der Waals surface area contributed by atoms with E-state index < -0.39 is 0 Å². The highest BCUT2D eigenvalue weighted by atomic mass is 16.5. The van der Waals surface area contributed by atoms with E-state index in [1.165, 1.54) is 11.1 Å². The molecule has 0 saturated heterocycles. The number of rotatable bonds is 6. The molecule has 1 aromatic carbocycles. The van der Waals surface area contributed by atoms with Gasteiger partial charge in [0, 0.05) is 17.8 Å². The molecule has 0 saturated carbocycles. The van der Waals surface area contributed by atoms with Gasteiger partial charge in [-0.3, -0.25) is 4.99 Å². The van der Waals surface area contributed by atoms with Crippen molar-refractivity contribution in [2.45, 2.75) is 47.0 Å². The van der Waals surface area contributed by atoms with Crippen LogP contribution in [0.25, 0.3) is 0 Å². The first-order chi connectivity index (χ1) is 11.1. The number of para-hydroxylation sites is 1. The minimum atomic E-state index is 0.451. The molecule has 0 atom stereocenters. The first-order valence-electron chi connectivity index (χ1n) is 8.16. The molecule has 0 aliphatic heterocycles. The predicted octanol–water partition coefficient (Wildman–Crippen LogP) is 3.39. The summed E-state index contributed by atoms with van der Waals surface area (Å²) in [7, 11) is 0. The van der Waals surface area contributed by atoms with Crippen LogP contribution in [0.5, 0.6) is 0 Å². The maximum Gasteiger partial charge on any atom is 0.193 e. The number of benzene rings is 1. The maximum absolute atomic E-state index is 6.07. The molecule has 2 aromatic rings. The molecular formula is C18H26N4O. The third kappa shape index (κ3) is 4.12. The van der Waals surface area contributed by atoms with E-state index in [1.807, 2.05) is 13.8 Å². The van der Waals surface area contributed by atoms with E-state index in [4.69, 9.17) is 10.3 Å². The molecule has 5 heteroatoms. The summed E-state index contributed by atoms with van der Waals surface area (Å²) in [6, 6.07) is 6.34. The molecule has 2 rings (SSSR count). The van der Waals surface area contributed by atoms with E-state index in [9.17, 15) is 0 Å². The molecule has 0 fully saturated rings. The first kappa shape index (κ1) is 17.1. The van der Waals surface area contributed by atoms with Crippen molar-refractivity contribution in [1.82, 2.24) is 5.16 Å². The molecule has 0 aliphatic rings. The number of nitrogens with two attached hydrogens (primary N) is 1. The molecular weight excluding hydrogens is 288 g/mol. The highest BCUT2D eigenvalue weighted by molar-refractivity contribution is 5.93. The monoisotopic (exact) mass is 314 g/mol. The van der Waals surface area contributed by atoms with Crippen molar-refractivity contribution in [3.05, 3.63) is 46.3 Å². The summed E-state index contributed by atoms with van der Waals surface area (Å²) in [6.07, 6.45) is 2.70. The predicted molar refractivity (Wildman–Crippen MR) is 95.0 cm³/mol. The second-order valence-corrected chi connectivity index (χ2v) is 5.60.